The van der Waals surface area contributed by atoms with Gasteiger partial charge in [-0.15, -0.1) is 0 Å². The summed E-state index contributed by atoms with van der Waals surface area (Å²) in [6, 6.07) is 15.7. The molecule has 0 saturated carbocycles. The molecule has 5 nitrogen and oxygen atoms in total. The first-order chi connectivity index (χ1) is 12.5. The Balaban J connectivity index is 1.73. The lowest BCUT2D eigenvalue weighted by atomic mass is 10.2. The predicted molar refractivity (Wildman–Crippen MR) is 99.5 cm³/mol. The molecule has 26 heavy (non-hydrogen) atoms. The molecule has 7 heteroatoms. The molecule has 0 atom stereocenters. The number of carbonyl (C=O) groups is 1. The average Bonchev–Trinajstić information content (AvgIpc) is 2.64. The smallest absolute Gasteiger partial charge is 0.295 e. The number of nitrogens with zero attached hydrogens (tertiary/aromatic N) is 1. The Morgan fingerprint density at radius 2 is 1.77 bits per heavy atom. The van der Waals surface area contributed by atoms with E-state index in [4.69, 9.17) is 4.84 Å². The van der Waals surface area contributed by atoms with E-state index >= 15 is 0 Å². The van der Waals surface area contributed by atoms with Crippen LogP contribution in [0.3, 0.4) is 0 Å². The molecule has 1 N–H and O–H groups in total. The summed E-state index contributed by atoms with van der Waals surface area (Å²) in [5, 5.41) is 2.66. The minimum atomic E-state index is -0.579. The van der Waals surface area contributed by atoms with Crippen molar-refractivity contribution in [1.29, 1.82) is 0 Å². The fourth-order valence-corrected chi connectivity index (χ4v) is 2.47. The lowest BCUT2D eigenvalue weighted by Gasteiger charge is -2.10. The first-order valence-electron chi connectivity index (χ1n) is 7.69. The predicted octanol–water partition coefficient (Wildman–Crippen LogP) is 3.63. The van der Waals surface area contributed by atoms with Crippen molar-refractivity contribution in [3.05, 3.63) is 98.6 Å². The topological polar surface area (TPSA) is 60.3 Å². The number of amides is 1. The van der Waals surface area contributed by atoms with Crippen molar-refractivity contribution >= 4 is 27.5 Å². The number of hydrogen-bond donors (Lipinski definition) is 1. The van der Waals surface area contributed by atoms with Crippen LogP contribution in [0.15, 0.2) is 76.1 Å². The second-order valence-electron chi connectivity index (χ2n) is 5.41. The van der Waals surface area contributed by atoms with E-state index in [-0.39, 0.29) is 18.0 Å². The van der Waals surface area contributed by atoms with E-state index in [2.05, 4.69) is 21.2 Å². The second kappa shape index (κ2) is 7.97. The Bertz CT molecular complexity index is 969. The monoisotopic (exact) mass is 416 g/mol. The van der Waals surface area contributed by atoms with E-state index in [0.717, 1.165) is 9.20 Å². The van der Waals surface area contributed by atoms with Gasteiger partial charge in [-0.2, -0.15) is 4.73 Å². The number of hydrogen-bond acceptors (Lipinski definition) is 3. The van der Waals surface area contributed by atoms with Gasteiger partial charge < -0.3 is 10.2 Å². The Labute approximate surface area is 157 Å². The van der Waals surface area contributed by atoms with Crippen LogP contribution in [0.2, 0.25) is 0 Å². The molecule has 1 heterocycles. The van der Waals surface area contributed by atoms with Gasteiger partial charge in [0.1, 0.15) is 18.0 Å². The molecule has 0 spiro atoms. The third-order valence-corrected chi connectivity index (χ3v) is 4.07. The third-order valence-electron chi connectivity index (χ3n) is 3.55. The molecular formula is C19H14BrFN2O3. The summed E-state index contributed by atoms with van der Waals surface area (Å²) >= 11 is 3.31. The van der Waals surface area contributed by atoms with Gasteiger partial charge in [0, 0.05) is 16.4 Å². The second-order valence-corrected chi connectivity index (χ2v) is 6.33. The number of rotatable bonds is 5. The van der Waals surface area contributed by atoms with Crippen LogP contribution < -0.4 is 15.7 Å². The number of anilines is 1. The molecule has 0 radical (unpaired) electrons. The Hall–Kier alpha value is -2.93. The van der Waals surface area contributed by atoms with Gasteiger partial charge in [0.2, 0.25) is 0 Å². The van der Waals surface area contributed by atoms with Crippen LogP contribution in [0, 0.1) is 5.82 Å². The van der Waals surface area contributed by atoms with Gasteiger partial charge in [-0.3, -0.25) is 9.59 Å². The molecule has 0 bridgehead atoms. The Morgan fingerprint density at radius 3 is 2.46 bits per heavy atom. The largest absolute Gasteiger partial charge is 0.406 e. The van der Waals surface area contributed by atoms with Crippen LogP contribution in [0.4, 0.5) is 10.1 Å². The van der Waals surface area contributed by atoms with Gasteiger partial charge in [0.15, 0.2) is 0 Å². The normalized spacial score (nSPS) is 10.4. The number of pyridine rings is 1. The summed E-state index contributed by atoms with van der Waals surface area (Å²) in [4.78, 5) is 30.2. The summed E-state index contributed by atoms with van der Waals surface area (Å²) in [5.74, 6) is -0.880. The summed E-state index contributed by atoms with van der Waals surface area (Å²) in [7, 11) is 0. The standard InChI is InChI=1S/C19H14BrFN2O3/c20-14-5-9-16(10-6-14)22-18(24)17-2-1-11-23(19(17)25)26-12-13-3-7-15(21)8-4-13/h1-11H,12H2,(H,22,24). The minimum Gasteiger partial charge on any atom is -0.406 e. The molecule has 3 aromatic rings. The molecule has 0 fully saturated rings. The van der Waals surface area contributed by atoms with E-state index in [1.54, 1.807) is 42.5 Å². The maximum atomic E-state index is 12.9. The molecule has 0 unspecified atom stereocenters. The van der Waals surface area contributed by atoms with Crippen LogP contribution in [-0.2, 0) is 6.61 Å². The third kappa shape index (κ3) is 4.37. The molecular weight excluding hydrogens is 403 g/mol. The fourth-order valence-electron chi connectivity index (χ4n) is 2.21. The Morgan fingerprint density at radius 1 is 1.08 bits per heavy atom. The van der Waals surface area contributed by atoms with Gasteiger partial charge in [-0.1, -0.05) is 28.1 Å². The van der Waals surface area contributed by atoms with E-state index in [9.17, 15) is 14.0 Å². The zero-order valence-electron chi connectivity index (χ0n) is 13.5. The van der Waals surface area contributed by atoms with E-state index in [0.29, 0.717) is 11.3 Å². The zero-order chi connectivity index (χ0) is 18.5. The van der Waals surface area contributed by atoms with E-state index in [1.165, 1.54) is 24.4 Å². The van der Waals surface area contributed by atoms with Crippen molar-refractivity contribution < 1.29 is 14.0 Å². The number of nitrogens with one attached hydrogen (secondary N) is 1. The van der Waals surface area contributed by atoms with Crippen LogP contribution in [0.5, 0.6) is 0 Å². The molecule has 132 valence electrons. The molecule has 1 aromatic heterocycles. The summed E-state index contributed by atoms with van der Waals surface area (Å²) in [6.45, 7) is 0.0674. The first-order valence-corrected chi connectivity index (χ1v) is 8.48. The fraction of sp³-hybridized carbons (Fsp3) is 0.0526. The van der Waals surface area contributed by atoms with Crippen molar-refractivity contribution in [2.45, 2.75) is 6.61 Å². The SMILES string of the molecule is O=C(Nc1ccc(Br)cc1)c1cccn(OCc2ccc(F)cc2)c1=O. The van der Waals surface area contributed by atoms with Crippen LogP contribution in [0.25, 0.3) is 0 Å². The molecule has 0 aliphatic rings. The van der Waals surface area contributed by atoms with Crippen molar-refractivity contribution in [1.82, 2.24) is 4.73 Å². The van der Waals surface area contributed by atoms with Crippen molar-refractivity contribution in [3.8, 4) is 0 Å². The first kappa shape index (κ1) is 17.9. The van der Waals surface area contributed by atoms with Crippen LogP contribution in [0.1, 0.15) is 15.9 Å². The average molecular weight is 417 g/mol. The highest BCUT2D eigenvalue weighted by atomic mass is 79.9. The highest BCUT2D eigenvalue weighted by Crippen LogP contribution is 2.14. The number of aromatic nitrogens is 1. The number of carbonyl (C=O) groups excluding carboxylic acids is 1. The van der Waals surface area contributed by atoms with Gasteiger partial charge in [-0.05, 0) is 54.1 Å². The van der Waals surface area contributed by atoms with Gasteiger partial charge in [0.25, 0.3) is 11.5 Å². The summed E-state index contributed by atoms with van der Waals surface area (Å²) < 4.78 is 14.8. The van der Waals surface area contributed by atoms with Gasteiger partial charge >= 0.3 is 0 Å². The molecule has 0 saturated heterocycles. The lowest BCUT2D eigenvalue weighted by molar-refractivity contribution is 0.0863. The van der Waals surface area contributed by atoms with Gasteiger partial charge in [0.05, 0.1) is 0 Å². The molecule has 2 aromatic carbocycles. The molecule has 0 aliphatic carbocycles. The highest BCUT2D eigenvalue weighted by molar-refractivity contribution is 9.10. The highest BCUT2D eigenvalue weighted by Gasteiger charge is 2.13. The van der Waals surface area contributed by atoms with E-state index < -0.39 is 11.5 Å². The number of benzene rings is 2. The van der Waals surface area contributed by atoms with Crippen LogP contribution in [-0.4, -0.2) is 10.6 Å². The zero-order valence-corrected chi connectivity index (χ0v) is 15.1. The van der Waals surface area contributed by atoms with Crippen molar-refractivity contribution in [2.75, 3.05) is 5.32 Å². The summed E-state index contributed by atoms with van der Waals surface area (Å²) in [5.41, 5.74) is 0.641. The number of halogens is 2. The summed E-state index contributed by atoms with van der Waals surface area (Å²) in [6.07, 6.45) is 1.42. The molecule has 0 aliphatic heterocycles. The van der Waals surface area contributed by atoms with Gasteiger partial charge in [-0.25, -0.2) is 4.39 Å². The van der Waals surface area contributed by atoms with Crippen molar-refractivity contribution in [2.24, 2.45) is 0 Å². The maximum Gasteiger partial charge on any atom is 0.295 e. The minimum absolute atomic E-state index is 0.0467. The molecule has 1 amide bonds. The lowest BCUT2D eigenvalue weighted by Crippen LogP contribution is -2.32. The van der Waals surface area contributed by atoms with Crippen LogP contribution >= 0.6 is 15.9 Å². The Kier molecular flexibility index (Phi) is 5.48. The van der Waals surface area contributed by atoms with E-state index in [1.807, 2.05) is 0 Å². The molecule has 3 rings (SSSR count). The van der Waals surface area contributed by atoms with Crippen molar-refractivity contribution in [3.63, 3.8) is 0 Å². The maximum absolute atomic E-state index is 12.9. The quantitative estimate of drug-likeness (QED) is 0.690.